The maximum atomic E-state index is 13.0. The van der Waals surface area contributed by atoms with Gasteiger partial charge < -0.3 is 9.73 Å². The summed E-state index contributed by atoms with van der Waals surface area (Å²) in [4.78, 5) is 4.69. The highest BCUT2D eigenvalue weighted by Crippen LogP contribution is 2.22. The number of anilines is 1. The standard InChI is InChI=1S/C23H19FN2O/c1-16-5-12-20(27-16)15-25-23-14-13-21-18(3-2-4-22(21)26-23)9-6-17-7-10-19(24)11-8-17/h2-14H,15H2,1H3,(H,25,26). The first kappa shape index (κ1) is 17.0. The van der Waals surface area contributed by atoms with Gasteiger partial charge in [-0.2, -0.15) is 0 Å². The molecule has 0 bridgehead atoms. The van der Waals surface area contributed by atoms with E-state index in [4.69, 9.17) is 4.42 Å². The fraction of sp³-hybridized carbons (Fsp3) is 0.0870. The summed E-state index contributed by atoms with van der Waals surface area (Å²) in [6.45, 7) is 2.52. The molecule has 0 radical (unpaired) electrons. The van der Waals surface area contributed by atoms with Crippen molar-refractivity contribution in [3.05, 3.63) is 95.2 Å². The molecule has 2 aromatic heterocycles. The molecule has 0 amide bonds. The Morgan fingerprint density at radius 3 is 2.59 bits per heavy atom. The molecule has 0 aliphatic heterocycles. The van der Waals surface area contributed by atoms with Crippen molar-refractivity contribution < 1.29 is 8.81 Å². The summed E-state index contributed by atoms with van der Waals surface area (Å²) >= 11 is 0. The van der Waals surface area contributed by atoms with Crippen LogP contribution in [0.15, 0.2) is 71.1 Å². The van der Waals surface area contributed by atoms with Gasteiger partial charge >= 0.3 is 0 Å². The predicted octanol–water partition coefficient (Wildman–Crippen LogP) is 6.06. The van der Waals surface area contributed by atoms with Crippen LogP contribution < -0.4 is 5.32 Å². The molecule has 1 N–H and O–H groups in total. The average Bonchev–Trinajstić information content (AvgIpc) is 3.11. The fourth-order valence-corrected chi connectivity index (χ4v) is 2.94. The Morgan fingerprint density at radius 2 is 1.81 bits per heavy atom. The van der Waals surface area contributed by atoms with E-state index in [9.17, 15) is 4.39 Å². The van der Waals surface area contributed by atoms with Crippen LogP contribution in [0.1, 0.15) is 22.6 Å². The predicted molar refractivity (Wildman–Crippen MR) is 108 cm³/mol. The number of aryl methyl sites for hydroxylation is 1. The molecule has 0 saturated carbocycles. The van der Waals surface area contributed by atoms with E-state index in [0.29, 0.717) is 6.54 Å². The molecule has 27 heavy (non-hydrogen) atoms. The van der Waals surface area contributed by atoms with Crippen LogP contribution in [0.3, 0.4) is 0 Å². The minimum Gasteiger partial charge on any atom is -0.465 e. The fourth-order valence-electron chi connectivity index (χ4n) is 2.94. The maximum absolute atomic E-state index is 13.0. The minimum atomic E-state index is -0.230. The summed E-state index contributed by atoms with van der Waals surface area (Å²) in [5.41, 5.74) is 2.93. The van der Waals surface area contributed by atoms with Crippen LogP contribution in [0.4, 0.5) is 10.2 Å². The number of halogens is 1. The zero-order valence-corrected chi connectivity index (χ0v) is 14.9. The summed E-state index contributed by atoms with van der Waals surface area (Å²) in [7, 11) is 0. The number of furan rings is 1. The molecule has 2 heterocycles. The van der Waals surface area contributed by atoms with E-state index >= 15 is 0 Å². The first-order valence-corrected chi connectivity index (χ1v) is 8.80. The average molecular weight is 358 g/mol. The summed E-state index contributed by atoms with van der Waals surface area (Å²) < 4.78 is 18.6. The number of nitrogens with one attached hydrogen (secondary N) is 1. The Balaban J connectivity index is 1.55. The maximum Gasteiger partial charge on any atom is 0.127 e. The van der Waals surface area contributed by atoms with Crippen LogP contribution in [0.5, 0.6) is 0 Å². The zero-order valence-electron chi connectivity index (χ0n) is 14.9. The smallest absolute Gasteiger partial charge is 0.127 e. The van der Waals surface area contributed by atoms with Crippen molar-refractivity contribution in [1.29, 1.82) is 0 Å². The van der Waals surface area contributed by atoms with Crippen molar-refractivity contribution in [2.45, 2.75) is 13.5 Å². The van der Waals surface area contributed by atoms with Crippen LogP contribution >= 0.6 is 0 Å². The first-order valence-electron chi connectivity index (χ1n) is 8.80. The number of aromatic nitrogens is 1. The second-order valence-corrected chi connectivity index (χ2v) is 6.36. The molecule has 4 heteroatoms. The van der Waals surface area contributed by atoms with E-state index in [1.807, 2.05) is 55.5 Å². The molecular weight excluding hydrogens is 339 g/mol. The third kappa shape index (κ3) is 4.06. The molecule has 3 nitrogen and oxygen atoms in total. The molecule has 0 aliphatic rings. The lowest BCUT2D eigenvalue weighted by Gasteiger charge is -2.07. The van der Waals surface area contributed by atoms with Crippen LogP contribution in [0.25, 0.3) is 23.1 Å². The summed E-state index contributed by atoms with van der Waals surface area (Å²) in [6.07, 6.45) is 4.00. The first-order chi connectivity index (χ1) is 13.2. The van der Waals surface area contributed by atoms with Crippen molar-refractivity contribution in [3.8, 4) is 0 Å². The van der Waals surface area contributed by atoms with E-state index in [1.54, 1.807) is 12.1 Å². The number of hydrogen-bond acceptors (Lipinski definition) is 3. The number of hydrogen-bond donors (Lipinski definition) is 1. The molecule has 134 valence electrons. The third-order valence-corrected chi connectivity index (χ3v) is 4.33. The van der Waals surface area contributed by atoms with Gasteiger partial charge in [0.2, 0.25) is 0 Å². The molecule has 4 aromatic rings. The van der Waals surface area contributed by atoms with E-state index in [0.717, 1.165) is 39.4 Å². The lowest BCUT2D eigenvalue weighted by Crippen LogP contribution is -2.00. The van der Waals surface area contributed by atoms with Crippen molar-refractivity contribution in [3.63, 3.8) is 0 Å². The second-order valence-electron chi connectivity index (χ2n) is 6.36. The van der Waals surface area contributed by atoms with E-state index in [-0.39, 0.29) is 5.82 Å². The lowest BCUT2D eigenvalue weighted by molar-refractivity contribution is 0.490. The minimum absolute atomic E-state index is 0.230. The van der Waals surface area contributed by atoms with Crippen LogP contribution in [0.2, 0.25) is 0 Å². The normalized spacial score (nSPS) is 11.3. The van der Waals surface area contributed by atoms with Crippen LogP contribution in [-0.2, 0) is 6.54 Å². The van der Waals surface area contributed by atoms with Crippen LogP contribution in [-0.4, -0.2) is 4.98 Å². The summed E-state index contributed by atoms with van der Waals surface area (Å²) in [5, 5.41) is 4.36. The van der Waals surface area contributed by atoms with Gasteiger partial charge in [0, 0.05) is 5.39 Å². The highest BCUT2D eigenvalue weighted by Gasteiger charge is 2.03. The number of nitrogens with zero attached hydrogens (tertiary/aromatic N) is 1. The monoisotopic (exact) mass is 358 g/mol. The SMILES string of the molecule is Cc1ccc(CNc2ccc3c(C=Cc4ccc(F)cc4)cccc3n2)o1. The number of rotatable bonds is 5. The summed E-state index contributed by atoms with van der Waals surface area (Å²) in [6, 6.07) is 20.4. The Kier molecular flexibility index (Phi) is 4.71. The van der Waals surface area contributed by atoms with Gasteiger partial charge in [0.05, 0.1) is 12.1 Å². The topological polar surface area (TPSA) is 38.1 Å². The van der Waals surface area contributed by atoms with Gasteiger partial charge in [-0.05, 0) is 60.5 Å². The van der Waals surface area contributed by atoms with Crippen molar-refractivity contribution in [1.82, 2.24) is 4.98 Å². The quantitative estimate of drug-likeness (QED) is 0.441. The van der Waals surface area contributed by atoms with E-state index in [2.05, 4.69) is 16.4 Å². The highest BCUT2D eigenvalue weighted by molar-refractivity contribution is 5.91. The second kappa shape index (κ2) is 7.46. The van der Waals surface area contributed by atoms with Crippen molar-refractivity contribution in [2.75, 3.05) is 5.32 Å². The van der Waals surface area contributed by atoms with E-state index in [1.165, 1.54) is 12.1 Å². The molecule has 0 fully saturated rings. The molecule has 2 aromatic carbocycles. The molecule has 4 rings (SSSR count). The Bertz CT molecular complexity index is 1100. The van der Waals surface area contributed by atoms with Gasteiger partial charge in [0.1, 0.15) is 23.2 Å². The van der Waals surface area contributed by atoms with Crippen molar-refractivity contribution in [2.24, 2.45) is 0 Å². The summed E-state index contributed by atoms with van der Waals surface area (Å²) in [5.74, 6) is 2.35. The Labute approximate surface area is 157 Å². The molecule has 0 atom stereocenters. The number of benzene rings is 2. The number of pyridine rings is 1. The Hall–Kier alpha value is -3.40. The Morgan fingerprint density at radius 1 is 0.963 bits per heavy atom. The van der Waals surface area contributed by atoms with Gasteiger partial charge in [-0.15, -0.1) is 0 Å². The zero-order chi connectivity index (χ0) is 18.6. The largest absolute Gasteiger partial charge is 0.465 e. The lowest BCUT2D eigenvalue weighted by atomic mass is 10.1. The van der Waals surface area contributed by atoms with Crippen LogP contribution in [0, 0.1) is 12.7 Å². The molecule has 0 unspecified atom stereocenters. The molecule has 0 aliphatic carbocycles. The van der Waals surface area contributed by atoms with Crippen molar-refractivity contribution >= 4 is 28.9 Å². The third-order valence-electron chi connectivity index (χ3n) is 4.33. The molecule has 0 spiro atoms. The van der Waals surface area contributed by atoms with Gasteiger partial charge in [0.15, 0.2) is 0 Å². The van der Waals surface area contributed by atoms with Gasteiger partial charge in [-0.25, -0.2) is 9.37 Å². The van der Waals surface area contributed by atoms with Gasteiger partial charge in [-0.1, -0.05) is 36.4 Å². The van der Waals surface area contributed by atoms with Gasteiger partial charge in [0.25, 0.3) is 0 Å². The molecule has 0 saturated heterocycles. The van der Waals surface area contributed by atoms with E-state index < -0.39 is 0 Å². The van der Waals surface area contributed by atoms with Gasteiger partial charge in [-0.3, -0.25) is 0 Å². The highest BCUT2D eigenvalue weighted by atomic mass is 19.1. The number of fused-ring (bicyclic) bond motifs is 1. The molecular formula is C23H19FN2O.